The number of ketones is 1. The van der Waals surface area contributed by atoms with Crippen LogP contribution in [0.15, 0.2) is 29.2 Å². The molecule has 2 rings (SSSR count). The Kier molecular flexibility index (Phi) is 7.01. The standard InChI is InChI=1S/C19H22F2N2O3S/c1-5-26-18(25)15-10(2)16(23-11(15)3)17(24)12(4)22-13-6-8-14(9-7-13)27-19(20)21/h6-9,12,19,22-23H,5H2,1-4H3/t12-/m1/s1. The van der Waals surface area contributed by atoms with E-state index in [0.29, 0.717) is 44.9 Å². The molecule has 0 unspecified atom stereocenters. The first kappa shape index (κ1) is 21.0. The van der Waals surface area contributed by atoms with E-state index in [0.717, 1.165) is 0 Å². The van der Waals surface area contributed by atoms with Crippen LogP contribution in [0.1, 0.15) is 46.0 Å². The number of H-pyrrole nitrogens is 1. The second-order valence-corrected chi connectivity index (χ2v) is 7.04. The Morgan fingerprint density at radius 2 is 1.85 bits per heavy atom. The lowest BCUT2D eigenvalue weighted by molar-refractivity contribution is 0.0525. The Morgan fingerprint density at radius 3 is 2.41 bits per heavy atom. The SMILES string of the molecule is CCOC(=O)c1c(C)[nH]c(C(=O)[C@@H](C)Nc2ccc(SC(F)F)cc2)c1C. The first-order valence-electron chi connectivity index (χ1n) is 8.46. The van der Waals surface area contributed by atoms with Gasteiger partial charge in [0.05, 0.1) is 23.9 Å². The molecule has 0 amide bonds. The molecule has 2 N–H and O–H groups in total. The summed E-state index contributed by atoms with van der Waals surface area (Å²) in [7, 11) is 0. The maximum Gasteiger partial charge on any atom is 0.340 e. The van der Waals surface area contributed by atoms with Crippen molar-refractivity contribution in [1.82, 2.24) is 4.98 Å². The Balaban J connectivity index is 2.13. The van der Waals surface area contributed by atoms with Gasteiger partial charge in [-0.25, -0.2) is 4.79 Å². The number of thioether (sulfide) groups is 1. The lowest BCUT2D eigenvalue weighted by Crippen LogP contribution is -2.27. The van der Waals surface area contributed by atoms with Crippen molar-refractivity contribution >= 4 is 29.2 Å². The second-order valence-electron chi connectivity index (χ2n) is 5.98. The minimum absolute atomic E-state index is 0.211. The van der Waals surface area contributed by atoms with Gasteiger partial charge in [-0.15, -0.1) is 0 Å². The summed E-state index contributed by atoms with van der Waals surface area (Å²) in [4.78, 5) is 28.3. The number of esters is 1. The van der Waals surface area contributed by atoms with Crippen LogP contribution in [0.2, 0.25) is 0 Å². The number of anilines is 1. The number of aromatic nitrogens is 1. The third-order valence-electron chi connectivity index (χ3n) is 4.02. The zero-order valence-corrected chi connectivity index (χ0v) is 16.4. The fourth-order valence-electron chi connectivity index (χ4n) is 2.77. The van der Waals surface area contributed by atoms with Crippen LogP contribution in [0.3, 0.4) is 0 Å². The van der Waals surface area contributed by atoms with Crippen molar-refractivity contribution in [1.29, 1.82) is 0 Å². The molecule has 2 aromatic rings. The van der Waals surface area contributed by atoms with E-state index in [-0.39, 0.29) is 12.4 Å². The number of aryl methyl sites for hydroxylation is 1. The number of alkyl halides is 2. The van der Waals surface area contributed by atoms with E-state index < -0.39 is 17.8 Å². The predicted octanol–water partition coefficient (Wildman–Crippen LogP) is 4.81. The molecule has 0 saturated carbocycles. The number of rotatable bonds is 8. The monoisotopic (exact) mass is 396 g/mol. The number of carbonyl (C=O) groups is 2. The largest absolute Gasteiger partial charge is 0.462 e. The van der Waals surface area contributed by atoms with Gasteiger partial charge in [-0.2, -0.15) is 8.78 Å². The summed E-state index contributed by atoms with van der Waals surface area (Å²) in [6.45, 7) is 7.09. The summed E-state index contributed by atoms with van der Waals surface area (Å²) in [5, 5.41) is 3.05. The highest BCUT2D eigenvalue weighted by atomic mass is 32.2. The Bertz CT molecular complexity index is 819. The number of benzene rings is 1. The second kappa shape index (κ2) is 9.03. The molecule has 0 saturated heterocycles. The molecule has 0 aliphatic rings. The normalized spacial score (nSPS) is 12.1. The quantitative estimate of drug-likeness (QED) is 0.381. The molecule has 1 heterocycles. The van der Waals surface area contributed by atoms with Gasteiger partial charge in [0.1, 0.15) is 0 Å². The molecule has 5 nitrogen and oxygen atoms in total. The Morgan fingerprint density at radius 1 is 1.22 bits per heavy atom. The molecular weight excluding hydrogens is 374 g/mol. The van der Waals surface area contributed by atoms with Crippen LogP contribution >= 0.6 is 11.8 Å². The summed E-state index contributed by atoms with van der Waals surface area (Å²) in [5.74, 6) is -3.15. The van der Waals surface area contributed by atoms with Crippen molar-refractivity contribution in [3.63, 3.8) is 0 Å². The molecule has 1 aromatic heterocycles. The number of hydrogen-bond donors (Lipinski definition) is 2. The fraction of sp³-hybridized carbons (Fsp3) is 0.368. The number of aromatic amines is 1. The maximum atomic E-state index is 12.8. The van der Waals surface area contributed by atoms with Crippen LogP contribution < -0.4 is 5.32 Å². The van der Waals surface area contributed by atoms with E-state index in [4.69, 9.17) is 4.74 Å². The zero-order chi connectivity index (χ0) is 20.1. The van der Waals surface area contributed by atoms with Crippen LogP contribution in [-0.2, 0) is 4.74 Å². The molecular formula is C19H22F2N2O3S. The van der Waals surface area contributed by atoms with Crippen LogP contribution in [-0.4, -0.2) is 35.1 Å². The minimum atomic E-state index is -2.48. The van der Waals surface area contributed by atoms with Gasteiger partial charge in [-0.1, -0.05) is 11.8 Å². The van der Waals surface area contributed by atoms with Gasteiger partial charge >= 0.3 is 5.97 Å². The number of nitrogens with one attached hydrogen (secondary N) is 2. The van der Waals surface area contributed by atoms with Gasteiger partial charge < -0.3 is 15.0 Å². The van der Waals surface area contributed by atoms with Crippen LogP contribution in [0, 0.1) is 13.8 Å². The number of Topliss-reactive ketones (excluding diaryl/α,β-unsaturated/α-hetero) is 1. The van der Waals surface area contributed by atoms with E-state index in [1.807, 2.05) is 0 Å². The lowest BCUT2D eigenvalue weighted by atomic mass is 10.0. The van der Waals surface area contributed by atoms with Crippen LogP contribution in [0.4, 0.5) is 14.5 Å². The van der Waals surface area contributed by atoms with Crippen molar-refractivity contribution in [2.45, 2.75) is 44.4 Å². The Labute approximate surface area is 160 Å². The predicted molar refractivity (Wildman–Crippen MR) is 102 cm³/mol. The summed E-state index contributed by atoms with van der Waals surface area (Å²) < 4.78 is 29.8. The molecule has 0 aliphatic heterocycles. The van der Waals surface area contributed by atoms with Gasteiger partial charge in [0.2, 0.25) is 5.78 Å². The van der Waals surface area contributed by atoms with Crippen molar-refractivity contribution in [3.8, 4) is 0 Å². The van der Waals surface area contributed by atoms with Crippen molar-refractivity contribution in [3.05, 3.63) is 46.8 Å². The van der Waals surface area contributed by atoms with E-state index in [1.54, 1.807) is 52.0 Å². The number of halogens is 2. The molecule has 0 aliphatic carbocycles. The molecule has 8 heteroatoms. The topological polar surface area (TPSA) is 71.2 Å². The number of hydrogen-bond acceptors (Lipinski definition) is 5. The molecule has 0 radical (unpaired) electrons. The highest BCUT2D eigenvalue weighted by Crippen LogP contribution is 2.27. The van der Waals surface area contributed by atoms with E-state index in [9.17, 15) is 18.4 Å². The van der Waals surface area contributed by atoms with Gasteiger partial charge in [0.15, 0.2) is 0 Å². The molecule has 1 aromatic carbocycles. The van der Waals surface area contributed by atoms with Crippen LogP contribution in [0.5, 0.6) is 0 Å². The molecule has 0 fully saturated rings. The van der Waals surface area contributed by atoms with Gasteiger partial charge in [-0.3, -0.25) is 4.79 Å². The first-order chi connectivity index (χ1) is 12.7. The van der Waals surface area contributed by atoms with Gasteiger partial charge in [0, 0.05) is 16.3 Å². The highest BCUT2D eigenvalue weighted by molar-refractivity contribution is 7.99. The van der Waals surface area contributed by atoms with Gasteiger partial charge in [-0.05, 0) is 57.5 Å². The summed E-state index contributed by atoms with van der Waals surface area (Å²) in [6, 6.07) is 5.85. The third kappa shape index (κ3) is 5.09. The molecule has 27 heavy (non-hydrogen) atoms. The summed E-state index contributed by atoms with van der Waals surface area (Å²) in [5.41, 5.74) is 2.49. The smallest absolute Gasteiger partial charge is 0.340 e. The summed E-state index contributed by atoms with van der Waals surface area (Å²) in [6.07, 6.45) is 0. The molecule has 1 atom stereocenters. The van der Waals surface area contributed by atoms with Gasteiger partial charge in [0.25, 0.3) is 5.76 Å². The summed E-state index contributed by atoms with van der Waals surface area (Å²) >= 11 is 0.465. The van der Waals surface area contributed by atoms with E-state index in [1.165, 1.54) is 0 Å². The molecule has 0 spiro atoms. The molecule has 146 valence electrons. The minimum Gasteiger partial charge on any atom is -0.462 e. The third-order valence-corrected chi connectivity index (χ3v) is 4.74. The average molecular weight is 396 g/mol. The van der Waals surface area contributed by atoms with E-state index in [2.05, 4.69) is 10.3 Å². The molecule has 0 bridgehead atoms. The highest BCUT2D eigenvalue weighted by Gasteiger charge is 2.25. The van der Waals surface area contributed by atoms with Crippen molar-refractivity contribution in [2.24, 2.45) is 0 Å². The van der Waals surface area contributed by atoms with Crippen molar-refractivity contribution < 1.29 is 23.1 Å². The lowest BCUT2D eigenvalue weighted by Gasteiger charge is -2.14. The fourth-order valence-corrected chi connectivity index (χ4v) is 3.27. The first-order valence-corrected chi connectivity index (χ1v) is 9.34. The number of carbonyl (C=O) groups excluding carboxylic acids is 2. The van der Waals surface area contributed by atoms with E-state index >= 15 is 0 Å². The number of ether oxygens (including phenoxy) is 1. The van der Waals surface area contributed by atoms with Crippen molar-refractivity contribution in [2.75, 3.05) is 11.9 Å². The average Bonchev–Trinajstić information content (AvgIpc) is 2.90. The Hall–Kier alpha value is -2.35. The van der Waals surface area contributed by atoms with Crippen LogP contribution in [0.25, 0.3) is 0 Å². The maximum absolute atomic E-state index is 12.8. The zero-order valence-electron chi connectivity index (χ0n) is 15.6.